The van der Waals surface area contributed by atoms with Crippen molar-refractivity contribution >= 4 is 27.9 Å². The number of piperidine rings is 1. The summed E-state index contributed by atoms with van der Waals surface area (Å²) >= 11 is 1.25. The van der Waals surface area contributed by atoms with Crippen LogP contribution in [-0.4, -0.2) is 37.8 Å². The summed E-state index contributed by atoms with van der Waals surface area (Å²) in [4.78, 5) is 14.2. The molecule has 1 aliphatic rings. The number of aliphatic hydroxyl groups excluding tert-OH is 1. The zero-order chi connectivity index (χ0) is 14.7. The van der Waals surface area contributed by atoms with E-state index in [1.807, 2.05) is 0 Å². The smallest absolute Gasteiger partial charge is 0.263 e. The molecule has 1 fully saturated rings. The number of nitrogen functional groups attached to an aromatic ring is 1. The molecular formula is C13H18N4O2S. The number of amides is 1. The number of aliphatic hydroxyl groups is 1. The molecule has 6 nitrogen and oxygen atoms in total. The van der Waals surface area contributed by atoms with Gasteiger partial charge in [-0.15, -0.1) is 11.3 Å². The Morgan fingerprint density at radius 2 is 2.45 bits per heavy atom. The molecule has 1 aromatic rings. The van der Waals surface area contributed by atoms with Crippen LogP contribution in [0.25, 0.3) is 0 Å². The third kappa shape index (κ3) is 2.57. The van der Waals surface area contributed by atoms with Crippen molar-refractivity contribution in [3.8, 4) is 6.07 Å². The highest BCUT2D eigenvalue weighted by Gasteiger charge is 2.27. The zero-order valence-electron chi connectivity index (χ0n) is 11.3. The van der Waals surface area contributed by atoms with Crippen LogP contribution in [0.3, 0.4) is 0 Å². The lowest BCUT2D eigenvalue weighted by Crippen LogP contribution is -2.36. The first-order chi connectivity index (χ1) is 9.62. The van der Waals surface area contributed by atoms with Gasteiger partial charge in [0, 0.05) is 26.7 Å². The number of carbonyl (C=O) groups excluding carboxylic acids is 1. The summed E-state index contributed by atoms with van der Waals surface area (Å²) < 4.78 is 0. The predicted octanol–water partition coefficient (Wildman–Crippen LogP) is 0.770. The fraction of sp³-hybridized carbons (Fsp3) is 0.538. The van der Waals surface area contributed by atoms with E-state index < -0.39 is 0 Å². The van der Waals surface area contributed by atoms with E-state index in [2.05, 4.69) is 16.3 Å². The van der Waals surface area contributed by atoms with Gasteiger partial charge < -0.3 is 21.1 Å². The van der Waals surface area contributed by atoms with E-state index in [4.69, 9.17) is 5.73 Å². The molecule has 0 aliphatic carbocycles. The number of nitrogens with zero attached hydrogens (tertiary/aromatic N) is 2. The molecule has 0 bridgehead atoms. The van der Waals surface area contributed by atoms with Crippen molar-refractivity contribution < 1.29 is 9.90 Å². The molecule has 20 heavy (non-hydrogen) atoms. The summed E-state index contributed by atoms with van der Waals surface area (Å²) in [6.07, 6.45) is 1.95. The molecule has 108 valence electrons. The van der Waals surface area contributed by atoms with Crippen LogP contribution in [0.1, 0.15) is 28.1 Å². The van der Waals surface area contributed by atoms with Crippen molar-refractivity contribution in [2.24, 2.45) is 5.92 Å². The largest absolute Gasteiger partial charge is 0.396 e. The standard InChI is InChI=1S/C13H18N4O2S/c1-16-12(19)11-10(15)9(5-14)13(20-11)17-4-2-3-8(6-17)7-18/h8,18H,2-4,6-7,15H2,1H3,(H,16,19). The Morgan fingerprint density at radius 1 is 1.70 bits per heavy atom. The molecule has 1 atom stereocenters. The van der Waals surface area contributed by atoms with Gasteiger partial charge in [0.15, 0.2) is 0 Å². The summed E-state index contributed by atoms with van der Waals surface area (Å²) in [6, 6.07) is 2.09. The number of nitrogens with one attached hydrogen (secondary N) is 1. The number of hydrogen-bond acceptors (Lipinski definition) is 6. The number of carbonyl (C=O) groups is 1. The number of nitrogens with two attached hydrogens (primary N) is 1. The molecule has 0 radical (unpaired) electrons. The number of nitriles is 1. The lowest BCUT2D eigenvalue weighted by atomic mass is 9.99. The van der Waals surface area contributed by atoms with Crippen molar-refractivity contribution in [2.75, 3.05) is 37.4 Å². The molecule has 7 heteroatoms. The summed E-state index contributed by atoms with van der Waals surface area (Å²) in [7, 11) is 1.54. The van der Waals surface area contributed by atoms with Gasteiger partial charge in [0.05, 0.1) is 5.69 Å². The summed E-state index contributed by atoms with van der Waals surface area (Å²) in [5.41, 5.74) is 6.53. The van der Waals surface area contributed by atoms with Crippen molar-refractivity contribution in [1.82, 2.24) is 5.32 Å². The SMILES string of the molecule is CNC(=O)c1sc(N2CCCC(CO)C2)c(C#N)c1N. The molecule has 0 spiro atoms. The molecule has 1 saturated heterocycles. The Balaban J connectivity index is 2.36. The molecular weight excluding hydrogens is 276 g/mol. The number of rotatable bonds is 3. The second-order valence-electron chi connectivity index (χ2n) is 4.85. The molecule has 0 saturated carbocycles. The first-order valence-electron chi connectivity index (χ1n) is 6.52. The van der Waals surface area contributed by atoms with E-state index in [0.717, 1.165) is 24.4 Å². The van der Waals surface area contributed by atoms with E-state index in [0.29, 0.717) is 17.0 Å². The van der Waals surface area contributed by atoms with Crippen LogP contribution < -0.4 is 16.0 Å². The minimum absolute atomic E-state index is 0.140. The maximum absolute atomic E-state index is 11.8. The molecule has 2 rings (SSSR count). The maximum Gasteiger partial charge on any atom is 0.263 e. The van der Waals surface area contributed by atoms with E-state index in [-0.39, 0.29) is 24.1 Å². The Morgan fingerprint density at radius 3 is 3.05 bits per heavy atom. The van der Waals surface area contributed by atoms with Crippen molar-refractivity contribution in [3.63, 3.8) is 0 Å². The minimum atomic E-state index is -0.272. The van der Waals surface area contributed by atoms with Gasteiger partial charge in [-0.1, -0.05) is 0 Å². The molecule has 0 aromatic carbocycles. The van der Waals surface area contributed by atoms with Gasteiger partial charge >= 0.3 is 0 Å². The van der Waals surface area contributed by atoms with Crippen LogP contribution in [0.5, 0.6) is 0 Å². The third-order valence-electron chi connectivity index (χ3n) is 3.54. The van der Waals surface area contributed by atoms with Crippen molar-refractivity contribution in [1.29, 1.82) is 5.26 Å². The van der Waals surface area contributed by atoms with Gasteiger partial charge in [0.2, 0.25) is 0 Å². The highest BCUT2D eigenvalue weighted by Crippen LogP contribution is 2.39. The van der Waals surface area contributed by atoms with Gasteiger partial charge in [0.1, 0.15) is 21.5 Å². The molecule has 1 unspecified atom stereocenters. The van der Waals surface area contributed by atoms with Gasteiger partial charge in [-0.3, -0.25) is 4.79 Å². The van der Waals surface area contributed by atoms with Crippen molar-refractivity contribution in [3.05, 3.63) is 10.4 Å². The quantitative estimate of drug-likeness (QED) is 0.764. The van der Waals surface area contributed by atoms with E-state index in [1.54, 1.807) is 0 Å². The summed E-state index contributed by atoms with van der Waals surface area (Å²) in [5.74, 6) is -0.0620. The highest BCUT2D eigenvalue weighted by molar-refractivity contribution is 7.19. The number of anilines is 2. The van der Waals surface area contributed by atoms with E-state index in [1.165, 1.54) is 18.4 Å². The van der Waals surface area contributed by atoms with Crippen molar-refractivity contribution in [2.45, 2.75) is 12.8 Å². The fourth-order valence-corrected chi connectivity index (χ4v) is 3.60. The van der Waals surface area contributed by atoms with Crippen LogP contribution in [0.4, 0.5) is 10.7 Å². The number of thiophene rings is 1. The molecule has 1 amide bonds. The van der Waals surface area contributed by atoms with Crippen LogP contribution in [0.2, 0.25) is 0 Å². The monoisotopic (exact) mass is 294 g/mol. The second-order valence-corrected chi connectivity index (χ2v) is 5.85. The lowest BCUT2D eigenvalue weighted by Gasteiger charge is -2.32. The van der Waals surface area contributed by atoms with Gasteiger partial charge in [-0.25, -0.2) is 0 Å². The minimum Gasteiger partial charge on any atom is -0.396 e. The molecule has 1 aromatic heterocycles. The van der Waals surface area contributed by atoms with Crippen LogP contribution in [0.15, 0.2) is 0 Å². The van der Waals surface area contributed by atoms with Gasteiger partial charge in [-0.05, 0) is 18.8 Å². The van der Waals surface area contributed by atoms with Gasteiger partial charge in [0.25, 0.3) is 5.91 Å². The summed E-state index contributed by atoms with van der Waals surface area (Å²) in [5, 5.41) is 21.9. The molecule has 4 N–H and O–H groups in total. The highest BCUT2D eigenvalue weighted by atomic mass is 32.1. The van der Waals surface area contributed by atoms with Crippen LogP contribution in [0, 0.1) is 17.2 Å². The fourth-order valence-electron chi connectivity index (χ4n) is 2.44. The average Bonchev–Trinajstić information content (AvgIpc) is 2.83. The first kappa shape index (κ1) is 14.6. The Labute approximate surface area is 121 Å². The Kier molecular flexibility index (Phi) is 4.47. The topological polar surface area (TPSA) is 102 Å². The van der Waals surface area contributed by atoms with Crippen LogP contribution in [-0.2, 0) is 0 Å². The normalized spacial score (nSPS) is 18.6. The van der Waals surface area contributed by atoms with Gasteiger partial charge in [-0.2, -0.15) is 5.26 Å². The van der Waals surface area contributed by atoms with E-state index >= 15 is 0 Å². The number of hydrogen-bond donors (Lipinski definition) is 3. The third-order valence-corrected chi connectivity index (χ3v) is 4.80. The second kappa shape index (κ2) is 6.11. The lowest BCUT2D eigenvalue weighted by molar-refractivity contribution is 0.0968. The van der Waals surface area contributed by atoms with E-state index in [9.17, 15) is 15.2 Å². The predicted molar refractivity (Wildman–Crippen MR) is 78.9 cm³/mol. The first-order valence-corrected chi connectivity index (χ1v) is 7.34. The Hall–Kier alpha value is -1.78. The summed E-state index contributed by atoms with van der Waals surface area (Å²) in [6.45, 7) is 1.65. The maximum atomic E-state index is 11.8. The van der Waals surface area contributed by atoms with Crippen LogP contribution >= 0.6 is 11.3 Å². The average molecular weight is 294 g/mol. The molecule has 1 aliphatic heterocycles. The zero-order valence-corrected chi connectivity index (χ0v) is 12.2. The molecule has 2 heterocycles. The Bertz CT molecular complexity index is 549.